The molecule has 0 radical (unpaired) electrons. The Morgan fingerprint density at radius 2 is 2.15 bits per heavy atom. The number of rotatable bonds is 7. The van der Waals surface area contributed by atoms with E-state index in [1.54, 1.807) is 0 Å². The Morgan fingerprint density at radius 1 is 1.54 bits per heavy atom. The van der Waals surface area contributed by atoms with E-state index in [1.165, 1.54) is 12.8 Å². The first-order valence-electron chi connectivity index (χ1n) is 5.03. The van der Waals surface area contributed by atoms with Gasteiger partial charge in [0.05, 0.1) is 4.99 Å². The van der Waals surface area contributed by atoms with Crippen molar-refractivity contribution < 1.29 is 0 Å². The molecule has 0 bridgehead atoms. The standard InChI is InChI=1S/C10H22N2S/c1-4-5-9(2)8-12(3)7-6-10(11)13/h9H,4-8H2,1-3H3,(H2,11,13). The van der Waals surface area contributed by atoms with Gasteiger partial charge in [0.1, 0.15) is 0 Å². The van der Waals surface area contributed by atoms with Crippen molar-refractivity contribution in [1.29, 1.82) is 0 Å². The van der Waals surface area contributed by atoms with Gasteiger partial charge < -0.3 is 10.6 Å². The van der Waals surface area contributed by atoms with Gasteiger partial charge >= 0.3 is 0 Å². The van der Waals surface area contributed by atoms with Crippen LogP contribution in [0, 0.1) is 5.92 Å². The molecule has 3 heteroatoms. The van der Waals surface area contributed by atoms with Gasteiger partial charge in [0.15, 0.2) is 0 Å². The van der Waals surface area contributed by atoms with Crippen LogP contribution in [0.2, 0.25) is 0 Å². The number of hydrogen-bond donors (Lipinski definition) is 1. The monoisotopic (exact) mass is 202 g/mol. The molecule has 0 aromatic carbocycles. The zero-order valence-corrected chi connectivity index (χ0v) is 9.86. The zero-order chi connectivity index (χ0) is 10.3. The summed E-state index contributed by atoms with van der Waals surface area (Å²) in [7, 11) is 2.13. The molecular formula is C10H22N2S. The van der Waals surface area contributed by atoms with E-state index in [0.29, 0.717) is 4.99 Å². The van der Waals surface area contributed by atoms with Crippen molar-refractivity contribution in [2.45, 2.75) is 33.1 Å². The van der Waals surface area contributed by atoms with Gasteiger partial charge in [-0.3, -0.25) is 0 Å². The average Bonchev–Trinajstić information content (AvgIpc) is 2.01. The van der Waals surface area contributed by atoms with E-state index in [-0.39, 0.29) is 0 Å². The Morgan fingerprint density at radius 3 is 2.62 bits per heavy atom. The molecule has 0 rings (SSSR count). The molecule has 78 valence electrons. The van der Waals surface area contributed by atoms with E-state index >= 15 is 0 Å². The van der Waals surface area contributed by atoms with E-state index in [1.807, 2.05) is 0 Å². The van der Waals surface area contributed by atoms with Gasteiger partial charge in [-0.1, -0.05) is 32.5 Å². The summed E-state index contributed by atoms with van der Waals surface area (Å²) in [6.07, 6.45) is 3.41. The number of nitrogens with two attached hydrogens (primary N) is 1. The molecular weight excluding hydrogens is 180 g/mol. The van der Waals surface area contributed by atoms with Crippen molar-refractivity contribution in [2.75, 3.05) is 20.1 Å². The smallest absolute Gasteiger partial charge is 0.0740 e. The summed E-state index contributed by atoms with van der Waals surface area (Å²) in [5, 5.41) is 0. The van der Waals surface area contributed by atoms with Gasteiger partial charge in [0.25, 0.3) is 0 Å². The second-order valence-electron chi connectivity index (χ2n) is 3.87. The van der Waals surface area contributed by atoms with Gasteiger partial charge in [-0.05, 0) is 19.4 Å². The van der Waals surface area contributed by atoms with E-state index in [9.17, 15) is 0 Å². The largest absolute Gasteiger partial charge is 0.393 e. The van der Waals surface area contributed by atoms with E-state index in [2.05, 4.69) is 25.8 Å². The van der Waals surface area contributed by atoms with Crippen LogP contribution in [0.25, 0.3) is 0 Å². The first kappa shape index (κ1) is 12.8. The quantitative estimate of drug-likeness (QED) is 0.641. The third-order valence-electron chi connectivity index (χ3n) is 2.14. The maximum absolute atomic E-state index is 5.43. The van der Waals surface area contributed by atoms with Crippen LogP contribution in [0.4, 0.5) is 0 Å². The minimum absolute atomic E-state index is 0.620. The van der Waals surface area contributed by atoms with E-state index in [0.717, 1.165) is 25.4 Å². The molecule has 2 N–H and O–H groups in total. The molecule has 0 spiro atoms. The fourth-order valence-electron chi connectivity index (χ4n) is 1.51. The molecule has 1 unspecified atom stereocenters. The maximum atomic E-state index is 5.43. The normalized spacial score (nSPS) is 13.2. The molecule has 1 atom stereocenters. The summed E-state index contributed by atoms with van der Waals surface area (Å²) >= 11 is 4.83. The minimum atomic E-state index is 0.620. The van der Waals surface area contributed by atoms with E-state index in [4.69, 9.17) is 18.0 Å². The molecule has 0 saturated heterocycles. The maximum Gasteiger partial charge on any atom is 0.0740 e. The Balaban J connectivity index is 3.48. The Labute approximate surface area is 87.5 Å². The van der Waals surface area contributed by atoms with Crippen LogP contribution in [-0.4, -0.2) is 30.0 Å². The van der Waals surface area contributed by atoms with Crippen molar-refractivity contribution >= 4 is 17.2 Å². The van der Waals surface area contributed by atoms with Crippen LogP contribution in [0.1, 0.15) is 33.1 Å². The van der Waals surface area contributed by atoms with Crippen molar-refractivity contribution in [3.05, 3.63) is 0 Å². The highest BCUT2D eigenvalue weighted by Gasteiger charge is 2.05. The second-order valence-corrected chi connectivity index (χ2v) is 4.40. The highest BCUT2D eigenvalue weighted by molar-refractivity contribution is 7.80. The molecule has 0 heterocycles. The van der Waals surface area contributed by atoms with Crippen LogP contribution in [-0.2, 0) is 0 Å². The molecule has 13 heavy (non-hydrogen) atoms. The summed E-state index contributed by atoms with van der Waals surface area (Å²) in [6.45, 7) is 6.66. The fourth-order valence-corrected chi connectivity index (χ4v) is 1.60. The van der Waals surface area contributed by atoms with Gasteiger partial charge in [0.2, 0.25) is 0 Å². The number of nitrogens with zero attached hydrogens (tertiary/aromatic N) is 1. The lowest BCUT2D eigenvalue weighted by Gasteiger charge is -2.20. The van der Waals surface area contributed by atoms with Crippen molar-refractivity contribution in [2.24, 2.45) is 11.7 Å². The van der Waals surface area contributed by atoms with Crippen LogP contribution in [0.15, 0.2) is 0 Å². The first-order chi connectivity index (χ1) is 6.06. The summed E-state index contributed by atoms with van der Waals surface area (Å²) < 4.78 is 0. The van der Waals surface area contributed by atoms with Crippen LogP contribution in [0.5, 0.6) is 0 Å². The lowest BCUT2D eigenvalue weighted by Crippen LogP contribution is -2.28. The van der Waals surface area contributed by atoms with Crippen LogP contribution in [0.3, 0.4) is 0 Å². The Kier molecular flexibility index (Phi) is 7.19. The lowest BCUT2D eigenvalue weighted by atomic mass is 10.1. The molecule has 0 amide bonds. The average molecular weight is 202 g/mol. The van der Waals surface area contributed by atoms with Crippen molar-refractivity contribution in [3.8, 4) is 0 Å². The summed E-state index contributed by atoms with van der Waals surface area (Å²) in [5.74, 6) is 0.779. The molecule has 0 saturated carbocycles. The van der Waals surface area contributed by atoms with Crippen LogP contribution >= 0.6 is 12.2 Å². The second kappa shape index (κ2) is 7.27. The predicted molar refractivity (Wildman–Crippen MR) is 63.0 cm³/mol. The number of hydrogen-bond acceptors (Lipinski definition) is 2. The van der Waals surface area contributed by atoms with Gasteiger partial charge in [-0.15, -0.1) is 0 Å². The molecule has 0 aliphatic carbocycles. The fraction of sp³-hybridized carbons (Fsp3) is 0.900. The van der Waals surface area contributed by atoms with Crippen molar-refractivity contribution in [3.63, 3.8) is 0 Å². The molecule has 0 aromatic heterocycles. The lowest BCUT2D eigenvalue weighted by molar-refractivity contribution is 0.284. The van der Waals surface area contributed by atoms with Gasteiger partial charge in [-0.2, -0.15) is 0 Å². The first-order valence-corrected chi connectivity index (χ1v) is 5.44. The highest BCUT2D eigenvalue weighted by Crippen LogP contribution is 2.06. The topological polar surface area (TPSA) is 29.3 Å². The Hall–Kier alpha value is -0.150. The van der Waals surface area contributed by atoms with Crippen molar-refractivity contribution in [1.82, 2.24) is 4.90 Å². The minimum Gasteiger partial charge on any atom is -0.393 e. The predicted octanol–water partition coefficient (Wildman–Crippen LogP) is 2.03. The third-order valence-corrected chi connectivity index (χ3v) is 2.35. The van der Waals surface area contributed by atoms with Gasteiger partial charge in [-0.25, -0.2) is 0 Å². The molecule has 0 aromatic rings. The summed E-state index contributed by atoms with van der Waals surface area (Å²) in [6, 6.07) is 0. The molecule has 0 aliphatic rings. The summed E-state index contributed by atoms with van der Waals surface area (Å²) in [4.78, 5) is 2.93. The molecule has 2 nitrogen and oxygen atoms in total. The molecule has 0 fully saturated rings. The highest BCUT2D eigenvalue weighted by atomic mass is 32.1. The zero-order valence-electron chi connectivity index (χ0n) is 9.05. The van der Waals surface area contributed by atoms with Crippen LogP contribution < -0.4 is 5.73 Å². The SMILES string of the molecule is CCCC(C)CN(C)CCC(N)=S. The summed E-state index contributed by atoms with van der Waals surface area (Å²) in [5.41, 5.74) is 5.43. The third kappa shape index (κ3) is 8.19. The van der Waals surface area contributed by atoms with Gasteiger partial charge in [0, 0.05) is 19.5 Å². The number of thiocarbonyl (C=S) groups is 1. The van der Waals surface area contributed by atoms with E-state index < -0.39 is 0 Å². The molecule has 0 aliphatic heterocycles. The Bertz CT molecular complexity index is 148.